The summed E-state index contributed by atoms with van der Waals surface area (Å²) in [5.74, 6) is -0.551. The number of benzene rings is 1. The van der Waals surface area contributed by atoms with Crippen molar-refractivity contribution >= 4 is 29.3 Å². The number of carbonyl (C=O) groups excluding carboxylic acids is 2. The molecule has 0 radical (unpaired) electrons. The van der Waals surface area contributed by atoms with Crippen LogP contribution in [0.25, 0.3) is 0 Å². The summed E-state index contributed by atoms with van der Waals surface area (Å²) >= 11 is 0. The van der Waals surface area contributed by atoms with Crippen LogP contribution in [0.3, 0.4) is 0 Å². The smallest absolute Gasteiger partial charge is 0.281 e. The first kappa shape index (κ1) is 19.9. The molecule has 0 bridgehead atoms. The number of nitrogens with zero attached hydrogens (tertiary/aromatic N) is 5. The van der Waals surface area contributed by atoms with Crippen LogP contribution in [0.2, 0.25) is 0 Å². The number of rotatable bonds is 2. The van der Waals surface area contributed by atoms with Gasteiger partial charge in [-0.1, -0.05) is 33.4 Å². The second kappa shape index (κ2) is 7.28. The molecule has 0 atom stereocenters. The van der Waals surface area contributed by atoms with E-state index in [0.717, 1.165) is 0 Å². The molecule has 2 heterocycles. The molecule has 0 saturated carbocycles. The summed E-state index contributed by atoms with van der Waals surface area (Å²) in [6, 6.07) is 10.1. The Hall–Kier alpha value is -3.86. The van der Waals surface area contributed by atoms with Crippen molar-refractivity contribution in [1.82, 2.24) is 9.78 Å². The van der Waals surface area contributed by atoms with Gasteiger partial charge in [0.25, 0.3) is 17.8 Å². The summed E-state index contributed by atoms with van der Waals surface area (Å²) in [7, 11) is 0. The number of aromatic nitrogens is 2. The van der Waals surface area contributed by atoms with E-state index in [-0.39, 0.29) is 16.9 Å². The average molecular weight is 388 g/mol. The summed E-state index contributed by atoms with van der Waals surface area (Å²) in [6.07, 6.45) is 0. The van der Waals surface area contributed by atoms with E-state index >= 15 is 0 Å². The Kier molecular flexibility index (Phi) is 4.99. The van der Waals surface area contributed by atoms with Crippen molar-refractivity contribution in [2.75, 3.05) is 5.32 Å². The molecule has 2 aromatic rings. The van der Waals surface area contributed by atoms with Gasteiger partial charge in [0.15, 0.2) is 0 Å². The van der Waals surface area contributed by atoms with E-state index < -0.39 is 11.8 Å². The van der Waals surface area contributed by atoms with Crippen molar-refractivity contribution in [2.24, 2.45) is 9.98 Å². The van der Waals surface area contributed by atoms with Gasteiger partial charge in [-0.3, -0.25) is 9.59 Å². The summed E-state index contributed by atoms with van der Waals surface area (Å²) in [5, 5.41) is 16.3. The highest BCUT2D eigenvalue weighted by Crippen LogP contribution is 2.25. The number of hydrogen-bond acceptors (Lipinski definition) is 5. The Bertz CT molecular complexity index is 1140. The summed E-state index contributed by atoms with van der Waals surface area (Å²) in [5.41, 5.74) is 1.73. The molecule has 29 heavy (non-hydrogen) atoms. The predicted molar refractivity (Wildman–Crippen MR) is 110 cm³/mol. The first-order valence-corrected chi connectivity index (χ1v) is 8.90. The van der Waals surface area contributed by atoms with Crippen LogP contribution in [0, 0.1) is 11.3 Å². The molecule has 8 heteroatoms. The molecule has 3 rings (SSSR count). The van der Waals surface area contributed by atoms with Crippen LogP contribution in [-0.2, 0) is 10.2 Å². The van der Waals surface area contributed by atoms with E-state index in [4.69, 9.17) is 5.26 Å². The minimum Gasteiger partial charge on any atom is -0.306 e. The number of carbonyl (C=O) groups is 2. The van der Waals surface area contributed by atoms with Gasteiger partial charge in [0.05, 0.1) is 28.6 Å². The van der Waals surface area contributed by atoms with Gasteiger partial charge in [-0.25, -0.2) is 4.99 Å². The molecule has 8 nitrogen and oxygen atoms in total. The molecule has 0 aliphatic carbocycles. The Morgan fingerprint density at radius 2 is 1.97 bits per heavy atom. The molecule has 0 spiro atoms. The second-order valence-electron chi connectivity index (χ2n) is 7.62. The van der Waals surface area contributed by atoms with E-state index in [1.54, 1.807) is 31.2 Å². The van der Waals surface area contributed by atoms with Crippen LogP contribution in [0.4, 0.5) is 5.82 Å². The van der Waals surface area contributed by atoms with Gasteiger partial charge in [0.2, 0.25) is 0 Å². The van der Waals surface area contributed by atoms with Crippen molar-refractivity contribution < 1.29 is 9.59 Å². The van der Waals surface area contributed by atoms with Crippen LogP contribution < -0.4 is 5.32 Å². The Balaban J connectivity index is 2.04. The van der Waals surface area contributed by atoms with E-state index in [9.17, 15) is 9.59 Å². The number of anilines is 1. The summed E-state index contributed by atoms with van der Waals surface area (Å²) in [6.45, 7) is 11.3. The fourth-order valence-corrected chi connectivity index (χ4v) is 2.56. The van der Waals surface area contributed by atoms with Crippen LogP contribution in [0.1, 0.15) is 49.3 Å². The Morgan fingerprint density at radius 1 is 1.24 bits per heavy atom. The highest BCUT2D eigenvalue weighted by molar-refractivity contribution is 6.28. The number of hydrogen-bond donors (Lipinski definition) is 1. The first-order chi connectivity index (χ1) is 13.6. The first-order valence-electron chi connectivity index (χ1n) is 8.90. The molecule has 1 aromatic heterocycles. The molecule has 2 amide bonds. The third kappa shape index (κ3) is 4.04. The molecule has 1 aromatic carbocycles. The van der Waals surface area contributed by atoms with Gasteiger partial charge >= 0.3 is 0 Å². The predicted octanol–water partition coefficient (Wildman–Crippen LogP) is 3.07. The topological polar surface area (TPSA) is 112 Å². The van der Waals surface area contributed by atoms with Gasteiger partial charge < -0.3 is 5.32 Å². The zero-order valence-corrected chi connectivity index (χ0v) is 16.6. The maximum atomic E-state index is 12.7. The number of amides is 2. The molecule has 0 unspecified atom stereocenters. The third-order valence-electron chi connectivity index (χ3n) is 4.33. The van der Waals surface area contributed by atoms with Crippen LogP contribution in [0.15, 0.2) is 52.5 Å². The lowest BCUT2D eigenvalue weighted by molar-refractivity contribution is -0.113. The molecule has 1 N–H and O–H groups in total. The van der Waals surface area contributed by atoms with Gasteiger partial charge in [-0.05, 0) is 25.1 Å². The zero-order chi connectivity index (χ0) is 21.3. The van der Waals surface area contributed by atoms with Crippen molar-refractivity contribution in [1.29, 1.82) is 5.26 Å². The minimum absolute atomic E-state index is 0.0523. The highest BCUT2D eigenvalue weighted by atomic mass is 16.2. The van der Waals surface area contributed by atoms with Gasteiger partial charge in [0, 0.05) is 17.0 Å². The van der Waals surface area contributed by atoms with Crippen molar-refractivity contribution in [3.8, 4) is 6.07 Å². The fraction of sp³-hybridized carbons (Fsp3) is 0.238. The van der Waals surface area contributed by atoms with Gasteiger partial charge in [0.1, 0.15) is 5.82 Å². The third-order valence-corrected chi connectivity index (χ3v) is 4.33. The minimum atomic E-state index is -0.501. The lowest BCUT2D eigenvalue weighted by Gasteiger charge is -2.14. The number of aliphatic imine (C=N–C) groups is 2. The molecular weight excluding hydrogens is 368 g/mol. The second-order valence-corrected chi connectivity index (χ2v) is 7.62. The molecule has 146 valence electrons. The average Bonchev–Trinajstić information content (AvgIpc) is 3.10. The normalized spacial score (nSPS) is 14.2. The molecule has 1 aliphatic heterocycles. The van der Waals surface area contributed by atoms with Crippen LogP contribution in [0.5, 0.6) is 0 Å². The van der Waals surface area contributed by atoms with Gasteiger partial charge in [-0.15, -0.1) is 0 Å². The molecule has 0 saturated heterocycles. The highest BCUT2D eigenvalue weighted by Gasteiger charge is 2.25. The van der Waals surface area contributed by atoms with Crippen LogP contribution in [-0.4, -0.2) is 33.3 Å². The SMILES string of the molecule is C=C1C(=O)N=C(n2nc(C(C)(C)C)cc2NC(=O)c2cccc(C#N)c2)N=C1C. The van der Waals surface area contributed by atoms with Gasteiger partial charge in [-0.2, -0.15) is 20.0 Å². The maximum absolute atomic E-state index is 12.7. The monoisotopic (exact) mass is 388 g/mol. The molecule has 1 aliphatic rings. The quantitative estimate of drug-likeness (QED) is 0.797. The zero-order valence-electron chi connectivity index (χ0n) is 16.6. The number of nitrogens with one attached hydrogen (secondary N) is 1. The van der Waals surface area contributed by atoms with E-state index in [1.807, 2.05) is 26.8 Å². The fourth-order valence-electron chi connectivity index (χ4n) is 2.56. The van der Waals surface area contributed by atoms with Crippen LogP contribution >= 0.6 is 0 Å². The maximum Gasteiger partial charge on any atom is 0.281 e. The standard InChI is InChI=1S/C21H20N6O2/c1-12-13(2)23-20(25-18(12)28)27-17(10-16(26-27)21(3,4)5)24-19(29)15-8-6-7-14(9-15)11-22/h6-10H,1H2,2-5H3,(H,24,29). The molecule has 0 fully saturated rings. The lowest BCUT2D eigenvalue weighted by atomic mass is 9.92. The number of nitriles is 1. The van der Waals surface area contributed by atoms with E-state index in [0.29, 0.717) is 28.4 Å². The summed E-state index contributed by atoms with van der Waals surface area (Å²) < 4.78 is 1.33. The van der Waals surface area contributed by atoms with Crippen molar-refractivity contribution in [3.05, 3.63) is 59.3 Å². The molecular formula is C21H20N6O2. The summed E-state index contributed by atoms with van der Waals surface area (Å²) in [4.78, 5) is 33.1. The Morgan fingerprint density at radius 3 is 2.59 bits per heavy atom. The Labute approximate surface area is 168 Å². The lowest BCUT2D eigenvalue weighted by Crippen LogP contribution is -2.25. The van der Waals surface area contributed by atoms with Crippen molar-refractivity contribution in [3.63, 3.8) is 0 Å². The largest absolute Gasteiger partial charge is 0.306 e. The van der Waals surface area contributed by atoms with Crippen molar-refractivity contribution in [2.45, 2.75) is 33.1 Å². The van der Waals surface area contributed by atoms with E-state index in [2.05, 4.69) is 27.0 Å². The van der Waals surface area contributed by atoms with E-state index in [1.165, 1.54) is 10.7 Å².